The van der Waals surface area contributed by atoms with Gasteiger partial charge in [-0.05, 0) is 49.2 Å². The number of hydrogen-bond donors (Lipinski definition) is 1. The van der Waals surface area contributed by atoms with Crippen molar-refractivity contribution < 1.29 is 4.42 Å². The molecule has 20 heavy (non-hydrogen) atoms. The first-order chi connectivity index (χ1) is 9.56. The summed E-state index contributed by atoms with van der Waals surface area (Å²) in [5.41, 5.74) is 0.865. The van der Waals surface area contributed by atoms with Crippen molar-refractivity contribution in [3.63, 3.8) is 0 Å². The van der Waals surface area contributed by atoms with Crippen LogP contribution in [0.1, 0.15) is 26.0 Å². The van der Waals surface area contributed by atoms with Gasteiger partial charge >= 0.3 is 0 Å². The summed E-state index contributed by atoms with van der Waals surface area (Å²) in [6, 6.07) is 9.32. The molecule has 0 saturated carbocycles. The van der Waals surface area contributed by atoms with Gasteiger partial charge in [0.2, 0.25) is 0 Å². The van der Waals surface area contributed by atoms with Gasteiger partial charge in [0.25, 0.3) is 0 Å². The Morgan fingerprint density at radius 3 is 2.65 bits per heavy atom. The van der Waals surface area contributed by atoms with Crippen molar-refractivity contribution in [3.05, 3.63) is 46.1 Å². The second kappa shape index (κ2) is 7.16. The van der Waals surface area contributed by atoms with Gasteiger partial charge in [-0.3, -0.25) is 0 Å². The molecule has 0 spiro atoms. The van der Waals surface area contributed by atoms with Crippen LogP contribution in [-0.4, -0.2) is 6.54 Å². The molecule has 108 valence electrons. The predicted molar refractivity (Wildman–Crippen MR) is 85.3 cm³/mol. The van der Waals surface area contributed by atoms with Gasteiger partial charge < -0.3 is 9.73 Å². The summed E-state index contributed by atoms with van der Waals surface area (Å²) in [4.78, 5) is 0. The van der Waals surface area contributed by atoms with Crippen LogP contribution in [0.15, 0.2) is 34.7 Å². The van der Waals surface area contributed by atoms with Crippen LogP contribution < -0.4 is 5.32 Å². The van der Waals surface area contributed by atoms with Crippen molar-refractivity contribution in [2.75, 3.05) is 6.54 Å². The lowest BCUT2D eigenvalue weighted by atomic mass is 10.1. The number of hydrogen-bond acceptors (Lipinski definition) is 2. The molecule has 0 radical (unpaired) electrons. The van der Waals surface area contributed by atoms with Crippen molar-refractivity contribution in [1.29, 1.82) is 0 Å². The van der Waals surface area contributed by atoms with Crippen molar-refractivity contribution >= 4 is 23.2 Å². The monoisotopic (exact) mass is 311 g/mol. The number of rotatable bonds is 6. The molecule has 1 heterocycles. The third kappa shape index (κ3) is 4.27. The highest BCUT2D eigenvalue weighted by Crippen LogP contribution is 2.31. The highest BCUT2D eigenvalue weighted by Gasteiger charge is 2.09. The van der Waals surface area contributed by atoms with Gasteiger partial charge in [0, 0.05) is 10.6 Å². The van der Waals surface area contributed by atoms with Gasteiger partial charge in [-0.15, -0.1) is 0 Å². The Bertz CT molecular complexity index is 563. The molecular formula is C16H19Cl2NO. The lowest BCUT2D eigenvalue weighted by Gasteiger charge is -2.05. The summed E-state index contributed by atoms with van der Waals surface area (Å²) < 4.78 is 5.81. The highest BCUT2D eigenvalue weighted by molar-refractivity contribution is 6.36. The third-order valence-electron chi connectivity index (χ3n) is 3.06. The Kier molecular flexibility index (Phi) is 5.53. The SMILES string of the molecule is CC(C)CCNCc1ccc(-c2ccc(Cl)cc2Cl)o1. The van der Waals surface area contributed by atoms with E-state index >= 15 is 0 Å². The van der Waals surface area contributed by atoms with E-state index in [0.717, 1.165) is 36.6 Å². The van der Waals surface area contributed by atoms with Gasteiger partial charge in [-0.1, -0.05) is 37.0 Å². The Morgan fingerprint density at radius 1 is 1.15 bits per heavy atom. The fraction of sp³-hybridized carbons (Fsp3) is 0.375. The van der Waals surface area contributed by atoms with E-state index in [4.69, 9.17) is 27.6 Å². The topological polar surface area (TPSA) is 25.2 Å². The molecule has 2 aromatic rings. The van der Waals surface area contributed by atoms with Crippen LogP contribution >= 0.6 is 23.2 Å². The van der Waals surface area contributed by atoms with Crippen LogP contribution in [0.5, 0.6) is 0 Å². The molecule has 0 atom stereocenters. The van der Waals surface area contributed by atoms with Gasteiger partial charge in [0.05, 0.1) is 11.6 Å². The van der Waals surface area contributed by atoms with Crippen molar-refractivity contribution in [2.24, 2.45) is 5.92 Å². The Labute approximate surface area is 130 Å². The number of benzene rings is 1. The van der Waals surface area contributed by atoms with E-state index in [9.17, 15) is 0 Å². The molecule has 1 N–H and O–H groups in total. The molecule has 4 heteroatoms. The molecule has 1 aromatic heterocycles. The van der Waals surface area contributed by atoms with Crippen LogP contribution in [-0.2, 0) is 6.54 Å². The summed E-state index contributed by atoms with van der Waals surface area (Å²) in [5, 5.41) is 4.60. The van der Waals surface area contributed by atoms with Crippen molar-refractivity contribution in [1.82, 2.24) is 5.32 Å². The number of halogens is 2. The molecule has 2 rings (SSSR count). The first-order valence-corrected chi connectivity index (χ1v) is 7.56. The fourth-order valence-corrected chi connectivity index (χ4v) is 2.41. The molecule has 0 unspecified atom stereocenters. The quantitative estimate of drug-likeness (QED) is 0.724. The van der Waals surface area contributed by atoms with E-state index in [1.54, 1.807) is 6.07 Å². The average molecular weight is 312 g/mol. The van der Waals surface area contributed by atoms with E-state index in [-0.39, 0.29) is 0 Å². The van der Waals surface area contributed by atoms with Gasteiger partial charge in [-0.2, -0.15) is 0 Å². The smallest absolute Gasteiger partial charge is 0.135 e. The Balaban J connectivity index is 1.98. The van der Waals surface area contributed by atoms with Crippen molar-refractivity contribution in [2.45, 2.75) is 26.8 Å². The minimum atomic E-state index is 0.603. The molecule has 0 aliphatic carbocycles. The largest absolute Gasteiger partial charge is 0.460 e. The summed E-state index contributed by atoms with van der Waals surface area (Å²) in [6.45, 7) is 6.16. The predicted octanol–water partition coefficient (Wildman–Crippen LogP) is 5.39. The van der Waals surface area contributed by atoms with E-state index in [2.05, 4.69) is 19.2 Å². The van der Waals surface area contributed by atoms with Crippen LogP contribution in [0, 0.1) is 5.92 Å². The lowest BCUT2D eigenvalue weighted by molar-refractivity contribution is 0.474. The van der Waals surface area contributed by atoms with Gasteiger partial charge in [0.1, 0.15) is 11.5 Å². The van der Waals surface area contributed by atoms with E-state index in [1.807, 2.05) is 24.3 Å². The molecular weight excluding hydrogens is 293 g/mol. The summed E-state index contributed by atoms with van der Waals surface area (Å²) in [7, 11) is 0. The molecule has 0 aliphatic heterocycles. The summed E-state index contributed by atoms with van der Waals surface area (Å²) in [6.07, 6.45) is 1.16. The van der Waals surface area contributed by atoms with Gasteiger partial charge in [0.15, 0.2) is 0 Å². The average Bonchev–Trinajstić information content (AvgIpc) is 2.83. The third-order valence-corrected chi connectivity index (χ3v) is 3.60. The van der Waals surface area contributed by atoms with E-state index < -0.39 is 0 Å². The maximum atomic E-state index is 6.17. The maximum Gasteiger partial charge on any atom is 0.135 e. The molecule has 1 aromatic carbocycles. The number of nitrogens with one attached hydrogen (secondary N) is 1. The van der Waals surface area contributed by atoms with E-state index in [1.165, 1.54) is 0 Å². The normalized spacial score (nSPS) is 11.2. The molecule has 0 amide bonds. The highest BCUT2D eigenvalue weighted by atomic mass is 35.5. The number of furan rings is 1. The molecule has 2 nitrogen and oxygen atoms in total. The van der Waals surface area contributed by atoms with Crippen LogP contribution in [0.25, 0.3) is 11.3 Å². The fourth-order valence-electron chi connectivity index (χ4n) is 1.91. The summed E-state index contributed by atoms with van der Waals surface area (Å²) in [5.74, 6) is 2.39. The zero-order valence-corrected chi connectivity index (χ0v) is 13.3. The van der Waals surface area contributed by atoms with Crippen LogP contribution in [0.3, 0.4) is 0 Å². The molecule has 0 aliphatic rings. The van der Waals surface area contributed by atoms with Crippen molar-refractivity contribution in [3.8, 4) is 11.3 Å². The minimum Gasteiger partial charge on any atom is -0.460 e. The van der Waals surface area contributed by atoms with Crippen LogP contribution in [0.4, 0.5) is 0 Å². The first kappa shape index (κ1) is 15.4. The molecule has 0 bridgehead atoms. The summed E-state index contributed by atoms with van der Waals surface area (Å²) >= 11 is 12.1. The maximum absolute atomic E-state index is 6.17. The Morgan fingerprint density at radius 2 is 1.95 bits per heavy atom. The zero-order valence-electron chi connectivity index (χ0n) is 11.7. The first-order valence-electron chi connectivity index (χ1n) is 6.81. The van der Waals surface area contributed by atoms with Gasteiger partial charge in [-0.25, -0.2) is 0 Å². The molecule has 0 saturated heterocycles. The lowest BCUT2D eigenvalue weighted by Crippen LogP contribution is -2.15. The minimum absolute atomic E-state index is 0.603. The van der Waals surface area contributed by atoms with E-state index in [0.29, 0.717) is 16.0 Å². The Hall–Kier alpha value is -0.960. The second-order valence-corrected chi connectivity index (χ2v) is 6.09. The van der Waals surface area contributed by atoms with Crippen LogP contribution in [0.2, 0.25) is 10.0 Å². The zero-order chi connectivity index (χ0) is 14.5. The second-order valence-electron chi connectivity index (χ2n) is 5.25. The molecule has 0 fully saturated rings. The standard InChI is InChI=1S/C16H19Cl2NO/c1-11(2)7-8-19-10-13-4-6-16(20-13)14-5-3-12(17)9-15(14)18/h3-6,9,11,19H,7-8,10H2,1-2H3.